The van der Waals surface area contributed by atoms with Crippen LogP contribution in [0, 0.1) is 0 Å². The molecule has 0 spiro atoms. The number of carbonyl (C=O) groups is 1. The Bertz CT molecular complexity index is 749. The number of hydrogen-bond donors (Lipinski definition) is 1. The highest BCUT2D eigenvalue weighted by Gasteiger charge is 2.12. The first kappa shape index (κ1) is 17.5. The van der Waals surface area contributed by atoms with Crippen molar-refractivity contribution in [3.8, 4) is 0 Å². The fourth-order valence-electron chi connectivity index (χ4n) is 2.81. The van der Waals surface area contributed by atoms with Gasteiger partial charge in [0.05, 0.1) is 5.97 Å². The molecule has 0 bridgehead atoms. The molecular weight excluding hydrogens is 336 g/mol. The summed E-state index contributed by atoms with van der Waals surface area (Å²) in [6.45, 7) is 4.22. The molecule has 3 rings (SSSR count). The molecule has 1 N–H and O–H groups in total. The Morgan fingerprint density at radius 1 is 1.32 bits per heavy atom. The average Bonchev–Trinajstić information content (AvgIpc) is 3.27. The van der Waals surface area contributed by atoms with Crippen LogP contribution in [0.5, 0.6) is 0 Å². The van der Waals surface area contributed by atoms with Gasteiger partial charge in [-0.05, 0) is 54.8 Å². The second kappa shape index (κ2) is 8.20. The van der Waals surface area contributed by atoms with E-state index in [1.807, 2.05) is 31.2 Å². The summed E-state index contributed by atoms with van der Waals surface area (Å²) in [5.41, 5.74) is 1.99. The largest absolute Gasteiger partial charge is 0.544 e. The minimum Gasteiger partial charge on any atom is -0.544 e. The van der Waals surface area contributed by atoms with Crippen molar-refractivity contribution in [3.05, 3.63) is 40.6 Å². The number of aromatic nitrogens is 3. The van der Waals surface area contributed by atoms with Gasteiger partial charge in [-0.15, -0.1) is 5.10 Å². The van der Waals surface area contributed by atoms with Crippen molar-refractivity contribution in [2.45, 2.75) is 37.8 Å². The Labute approximate surface area is 151 Å². The van der Waals surface area contributed by atoms with Gasteiger partial charge in [-0.3, -0.25) is 5.10 Å². The molecule has 25 heavy (non-hydrogen) atoms. The number of nitrogens with one attached hydrogen (secondary N) is 1. The lowest BCUT2D eigenvalue weighted by Gasteiger charge is -2.17. The molecule has 2 heterocycles. The van der Waals surface area contributed by atoms with Crippen molar-refractivity contribution in [1.82, 2.24) is 15.2 Å². The minimum absolute atomic E-state index is 0.0935. The van der Waals surface area contributed by atoms with E-state index in [0.717, 1.165) is 49.1 Å². The number of thioether (sulfide) groups is 1. The Balaban J connectivity index is 1.73. The summed E-state index contributed by atoms with van der Waals surface area (Å²) in [7, 11) is 0. The van der Waals surface area contributed by atoms with Gasteiger partial charge in [-0.2, -0.15) is 0 Å². The average molecular weight is 357 g/mol. The van der Waals surface area contributed by atoms with Gasteiger partial charge in [0.15, 0.2) is 0 Å². The summed E-state index contributed by atoms with van der Waals surface area (Å²) >= 11 is 1.00. The number of rotatable bonds is 7. The van der Waals surface area contributed by atoms with E-state index in [1.54, 1.807) is 6.08 Å². The third-order valence-corrected chi connectivity index (χ3v) is 4.93. The third kappa shape index (κ3) is 4.63. The summed E-state index contributed by atoms with van der Waals surface area (Å²) in [6.07, 6.45) is 5.79. The summed E-state index contributed by atoms with van der Waals surface area (Å²) in [4.78, 5) is 18.2. The van der Waals surface area contributed by atoms with Gasteiger partial charge < -0.3 is 14.8 Å². The molecule has 132 valence electrons. The number of carboxylic acids is 1. The molecule has 7 heteroatoms. The van der Waals surface area contributed by atoms with Gasteiger partial charge >= 0.3 is 0 Å². The van der Waals surface area contributed by atoms with E-state index in [1.165, 1.54) is 18.5 Å². The van der Waals surface area contributed by atoms with Crippen LogP contribution in [-0.2, 0) is 11.2 Å². The van der Waals surface area contributed by atoms with Crippen LogP contribution < -0.4 is 10.0 Å². The molecule has 1 aromatic heterocycles. The predicted octanol–water partition coefficient (Wildman–Crippen LogP) is 2.24. The monoisotopic (exact) mass is 357 g/mol. The van der Waals surface area contributed by atoms with E-state index in [-0.39, 0.29) is 4.91 Å². The number of hydrogen-bond acceptors (Lipinski definition) is 6. The van der Waals surface area contributed by atoms with Crippen molar-refractivity contribution < 1.29 is 9.90 Å². The fraction of sp³-hybridized carbons (Fsp3) is 0.389. The molecule has 0 unspecified atom stereocenters. The van der Waals surface area contributed by atoms with Gasteiger partial charge in [-0.1, -0.05) is 19.1 Å². The van der Waals surface area contributed by atoms with Gasteiger partial charge in [0.25, 0.3) is 0 Å². The van der Waals surface area contributed by atoms with Crippen molar-refractivity contribution in [1.29, 1.82) is 0 Å². The lowest BCUT2D eigenvalue weighted by molar-refractivity contribution is -0.297. The zero-order valence-electron chi connectivity index (χ0n) is 14.2. The SMILES string of the molecule is CCCc1nc(S/C(=C/c2ccc(N3CCCC3)cc2)C(=O)[O-])n[nH]1. The molecule has 1 aliphatic rings. The third-order valence-electron chi connectivity index (χ3n) is 4.06. The molecule has 0 aliphatic carbocycles. The molecule has 0 atom stereocenters. The smallest absolute Gasteiger partial charge is 0.213 e. The van der Waals surface area contributed by atoms with Gasteiger partial charge in [0.1, 0.15) is 5.82 Å². The van der Waals surface area contributed by atoms with E-state index in [2.05, 4.69) is 20.1 Å². The number of nitrogens with zero attached hydrogens (tertiary/aromatic N) is 3. The zero-order chi connectivity index (χ0) is 17.6. The molecular formula is C18H21N4O2S-. The molecule has 0 radical (unpaired) electrons. The second-order valence-electron chi connectivity index (χ2n) is 6.00. The number of benzene rings is 1. The highest BCUT2D eigenvalue weighted by molar-refractivity contribution is 8.04. The number of carboxylic acid groups (broad SMARTS) is 1. The summed E-state index contributed by atoms with van der Waals surface area (Å²) < 4.78 is 0. The van der Waals surface area contributed by atoms with Crippen LogP contribution in [0.4, 0.5) is 5.69 Å². The standard InChI is InChI=1S/C18H22N4O2S/c1-2-5-16-19-18(21-20-16)25-15(17(23)24)12-13-6-8-14(9-7-13)22-10-3-4-11-22/h6-9,12H,2-5,10-11H2,1H3,(H,23,24)(H,19,20,21)/p-1/b15-12+. The predicted molar refractivity (Wildman–Crippen MR) is 97.1 cm³/mol. The Hall–Kier alpha value is -2.28. The first-order valence-corrected chi connectivity index (χ1v) is 9.34. The lowest BCUT2D eigenvalue weighted by Crippen LogP contribution is -2.23. The zero-order valence-corrected chi connectivity index (χ0v) is 15.0. The quantitative estimate of drug-likeness (QED) is 0.604. The number of anilines is 1. The van der Waals surface area contributed by atoms with Crippen LogP contribution >= 0.6 is 11.8 Å². The molecule has 6 nitrogen and oxygen atoms in total. The number of aromatic amines is 1. The van der Waals surface area contributed by atoms with Crippen LogP contribution in [0.3, 0.4) is 0 Å². The van der Waals surface area contributed by atoms with E-state index < -0.39 is 5.97 Å². The second-order valence-corrected chi connectivity index (χ2v) is 7.01. The Kier molecular flexibility index (Phi) is 5.75. The summed E-state index contributed by atoms with van der Waals surface area (Å²) in [6, 6.07) is 7.91. The number of H-pyrrole nitrogens is 1. The Morgan fingerprint density at radius 3 is 2.68 bits per heavy atom. The highest BCUT2D eigenvalue weighted by atomic mass is 32.2. The molecule has 1 aliphatic heterocycles. The van der Waals surface area contributed by atoms with Crippen LogP contribution in [0.2, 0.25) is 0 Å². The number of aryl methyl sites for hydroxylation is 1. The molecule has 1 aromatic carbocycles. The maximum atomic E-state index is 11.4. The maximum absolute atomic E-state index is 11.4. The van der Waals surface area contributed by atoms with E-state index >= 15 is 0 Å². The van der Waals surface area contributed by atoms with Crippen LogP contribution in [0.25, 0.3) is 6.08 Å². The van der Waals surface area contributed by atoms with E-state index in [9.17, 15) is 9.90 Å². The molecule has 1 saturated heterocycles. The summed E-state index contributed by atoms with van der Waals surface area (Å²) in [5.74, 6) is -0.465. The number of carbonyl (C=O) groups excluding carboxylic acids is 1. The molecule has 0 amide bonds. The van der Waals surface area contributed by atoms with Gasteiger partial charge in [-0.25, -0.2) is 4.98 Å². The van der Waals surface area contributed by atoms with Crippen molar-refractivity contribution in [2.24, 2.45) is 0 Å². The van der Waals surface area contributed by atoms with E-state index in [4.69, 9.17) is 0 Å². The van der Waals surface area contributed by atoms with Crippen LogP contribution in [0.15, 0.2) is 34.3 Å². The molecule has 2 aromatic rings. The van der Waals surface area contributed by atoms with Crippen molar-refractivity contribution in [2.75, 3.05) is 18.0 Å². The topological polar surface area (TPSA) is 84.9 Å². The number of aliphatic carboxylic acids is 1. The van der Waals surface area contributed by atoms with Crippen LogP contribution in [0.1, 0.15) is 37.6 Å². The molecule has 1 fully saturated rings. The first-order valence-electron chi connectivity index (χ1n) is 8.53. The fourth-order valence-corrected chi connectivity index (χ4v) is 3.53. The maximum Gasteiger partial charge on any atom is 0.213 e. The normalized spacial score (nSPS) is 14.9. The van der Waals surface area contributed by atoms with Gasteiger partial charge in [0, 0.05) is 30.1 Å². The lowest BCUT2D eigenvalue weighted by atomic mass is 10.2. The molecule has 0 saturated carbocycles. The minimum atomic E-state index is -1.23. The van der Waals surface area contributed by atoms with Crippen molar-refractivity contribution in [3.63, 3.8) is 0 Å². The highest BCUT2D eigenvalue weighted by Crippen LogP contribution is 2.26. The van der Waals surface area contributed by atoms with Crippen LogP contribution in [-0.4, -0.2) is 34.2 Å². The summed E-state index contributed by atoms with van der Waals surface area (Å²) in [5, 5.41) is 18.7. The first-order chi connectivity index (χ1) is 12.2. The Morgan fingerprint density at radius 2 is 2.04 bits per heavy atom. The van der Waals surface area contributed by atoms with Gasteiger partial charge in [0.2, 0.25) is 5.16 Å². The van der Waals surface area contributed by atoms with E-state index in [0.29, 0.717) is 5.16 Å². The van der Waals surface area contributed by atoms with Crippen molar-refractivity contribution >= 4 is 29.5 Å².